The number of nitrogens with one attached hydrogen (secondary N) is 2. The molecule has 2 N–H and O–H groups in total. The van der Waals surface area contributed by atoms with Gasteiger partial charge < -0.3 is 5.32 Å². The van der Waals surface area contributed by atoms with Gasteiger partial charge in [-0.15, -0.1) is 0 Å². The van der Waals surface area contributed by atoms with E-state index in [-0.39, 0.29) is 30.2 Å². The summed E-state index contributed by atoms with van der Waals surface area (Å²) in [5.74, 6) is -1.28. The number of anilines is 1. The molecule has 0 radical (unpaired) electrons. The van der Waals surface area contributed by atoms with Crippen molar-refractivity contribution in [3.8, 4) is 0 Å². The molecule has 0 aliphatic rings. The first-order valence-electron chi connectivity index (χ1n) is 7.59. The summed E-state index contributed by atoms with van der Waals surface area (Å²) in [6.07, 6.45) is 0.335. The van der Waals surface area contributed by atoms with Crippen molar-refractivity contribution >= 4 is 21.6 Å². The number of hydrogen-bond acceptors (Lipinski definition) is 3. The van der Waals surface area contributed by atoms with Crippen molar-refractivity contribution in [2.75, 3.05) is 11.9 Å². The van der Waals surface area contributed by atoms with Gasteiger partial charge in [-0.05, 0) is 55.3 Å². The monoisotopic (exact) mass is 368 g/mol. The van der Waals surface area contributed by atoms with Crippen LogP contribution in [0.3, 0.4) is 0 Å². The highest BCUT2D eigenvalue weighted by Crippen LogP contribution is 2.14. The van der Waals surface area contributed by atoms with E-state index in [4.69, 9.17) is 0 Å². The summed E-state index contributed by atoms with van der Waals surface area (Å²) < 4.78 is 52.5. The van der Waals surface area contributed by atoms with Crippen LogP contribution in [-0.2, 0) is 14.8 Å². The van der Waals surface area contributed by atoms with Gasteiger partial charge in [0.05, 0.1) is 4.90 Å². The average molecular weight is 368 g/mol. The van der Waals surface area contributed by atoms with E-state index in [1.807, 2.05) is 0 Å². The van der Waals surface area contributed by atoms with Crippen LogP contribution in [0.5, 0.6) is 0 Å². The van der Waals surface area contributed by atoms with Crippen LogP contribution < -0.4 is 10.0 Å². The SMILES string of the molecule is Cc1ccc(NC(=O)CCCNS(=O)(=O)c2ccc(F)cc2)cc1F. The predicted octanol–water partition coefficient (Wildman–Crippen LogP) is 2.97. The fourth-order valence-corrected chi connectivity index (χ4v) is 3.12. The molecule has 8 heteroatoms. The van der Waals surface area contributed by atoms with Crippen LogP contribution in [0, 0.1) is 18.6 Å². The number of benzene rings is 2. The van der Waals surface area contributed by atoms with Crippen LogP contribution in [-0.4, -0.2) is 20.9 Å². The van der Waals surface area contributed by atoms with Gasteiger partial charge in [-0.25, -0.2) is 21.9 Å². The van der Waals surface area contributed by atoms with Gasteiger partial charge in [-0.3, -0.25) is 4.79 Å². The quantitative estimate of drug-likeness (QED) is 0.738. The van der Waals surface area contributed by atoms with Crippen LogP contribution in [0.1, 0.15) is 18.4 Å². The number of rotatable bonds is 7. The number of sulfonamides is 1. The Balaban J connectivity index is 1.79. The highest BCUT2D eigenvalue weighted by Gasteiger charge is 2.13. The fourth-order valence-electron chi connectivity index (χ4n) is 2.05. The van der Waals surface area contributed by atoms with E-state index in [0.717, 1.165) is 24.3 Å². The standard InChI is InChI=1S/C17H18F2N2O3S/c1-12-4-7-14(11-16(12)19)21-17(22)3-2-10-20-25(23,24)15-8-5-13(18)6-9-15/h4-9,11,20H,2-3,10H2,1H3,(H,21,22). The molecule has 25 heavy (non-hydrogen) atoms. The highest BCUT2D eigenvalue weighted by molar-refractivity contribution is 7.89. The summed E-state index contributed by atoms with van der Waals surface area (Å²) in [5.41, 5.74) is 0.827. The van der Waals surface area contributed by atoms with Gasteiger partial charge >= 0.3 is 0 Å². The zero-order chi connectivity index (χ0) is 18.4. The van der Waals surface area contributed by atoms with Crippen molar-refractivity contribution in [2.24, 2.45) is 0 Å². The zero-order valence-corrected chi connectivity index (χ0v) is 14.4. The largest absolute Gasteiger partial charge is 0.326 e. The third kappa shape index (κ3) is 5.61. The third-order valence-corrected chi connectivity index (χ3v) is 4.93. The fraction of sp³-hybridized carbons (Fsp3) is 0.235. The van der Waals surface area contributed by atoms with Crippen LogP contribution in [0.4, 0.5) is 14.5 Å². The molecule has 0 aliphatic carbocycles. The van der Waals surface area contributed by atoms with Gasteiger partial charge in [0.25, 0.3) is 0 Å². The van der Waals surface area contributed by atoms with Gasteiger partial charge in [-0.1, -0.05) is 6.07 Å². The van der Waals surface area contributed by atoms with E-state index in [9.17, 15) is 22.0 Å². The number of halogens is 2. The Hall–Kier alpha value is -2.32. The van der Waals surface area contributed by atoms with Gasteiger partial charge in [0.1, 0.15) is 11.6 Å². The Morgan fingerprint density at radius 2 is 1.76 bits per heavy atom. The lowest BCUT2D eigenvalue weighted by atomic mass is 10.2. The lowest BCUT2D eigenvalue weighted by Gasteiger charge is -2.08. The first-order chi connectivity index (χ1) is 11.8. The van der Waals surface area contributed by atoms with E-state index in [2.05, 4.69) is 10.0 Å². The molecule has 1 amide bonds. The first kappa shape index (κ1) is 19.0. The average Bonchev–Trinajstić information content (AvgIpc) is 2.55. The normalized spacial score (nSPS) is 11.3. The molecule has 5 nitrogen and oxygen atoms in total. The maximum Gasteiger partial charge on any atom is 0.240 e. The summed E-state index contributed by atoms with van der Waals surface area (Å²) >= 11 is 0. The Labute approximate surface area is 145 Å². The minimum Gasteiger partial charge on any atom is -0.326 e. The number of hydrogen-bond donors (Lipinski definition) is 2. The second-order valence-corrected chi connectivity index (χ2v) is 7.23. The molecule has 2 aromatic carbocycles. The topological polar surface area (TPSA) is 75.3 Å². The molecule has 0 saturated heterocycles. The van der Waals surface area contributed by atoms with Crippen molar-refractivity contribution < 1.29 is 22.0 Å². The highest BCUT2D eigenvalue weighted by atomic mass is 32.2. The van der Waals surface area contributed by atoms with E-state index >= 15 is 0 Å². The van der Waals surface area contributed by atoms with Crippen molar-refractivity contribution in [1.29, 1.82) is 0 Å². The van der Waals surface area contributed by atoms with E-state index < -0.39 is 21.7 Å². The molecule has 134 valence electrons. The van der Waals surface area contributed by atoms with E-state index in [1.54, 1.807) is 19.1 Å². The molecule has 0 spiro atoms. The molecule has 0 atom stereocenters. The number of carbonyl (C=O) groups is 1. The molecule has 0 unspecified atom stereocenters. The van der Waals surface area contributed by atoms with E-state index in [1.165, 1.54) is 6.07 Å². The maximum atomic E-state index is 13.4. The molecule has 0 aliphatic heterocycles. The Morgan fingerprint density at radius 3 is 2.40 bits per heavy atom. The molecular formula is C17H18F2N2O3S. The van der Waals surface area contributed by atoms with Crippen molar-refractivity contribution in [2.45, 2.75) is 24.7 Å². The maximum absolute atomic E-state index is 13.4. The lowest BCUT2D eigenvalue weighted by Crippen LogP contribution is -2.25. The van der Waals surface area contributed by atoms with Crippen LogP contribution in [0.2, 0.25) is 0 Å². The van der Waals surface area contributed by atoms with Gasteiger partial charge in [0, 0.05) is 18.7 Å². The number of amides is 1. The minimum atomic E-state index is -3.74. The second kappa shape index (κ2) is 8.17. The summed E-state index contributed by atoms with van der Waals surface area (Å²) in [4.78, 5) is 11.7. The lowest BCUT2D eigenvalue weighted by molar-refractivity contribution is -0.116. The summed E-state index contributed by atoms with van der Waals surface area (Å²) in [7, 11) is -3.74. The van der Waals surface area contributed by atoms with Crippen LogP contribution >= 0.6 is 0 Å². The summed E-state index contributed by atoms with van der Waals surface area (Å²) in [6, 6.07) is 8.82. The van der Waals surface area contributed by atoms with Crippen molar-refractivity contribution in [1.82, 2.24) is 4.72 Å². The number of carbonyl (C=O) groups excluding carboxylic acids is 1. The molecule has 0 aromatic heterocycles. The Bertz CT molecular complexity index is 853. The first-order valence-corrected chi connectivity index (χ1v) is 9.07. The molecule has 0 fully saturated rings. The van der Waals surface area contributed by atoms with Gasteiger partial charge in [0.2, 0.25) is 15.9 Å². The van der Waals surface area contributed by atoms with Crippen LogP contribution in [0.25, 0.3) is 0 Å². The molecule has 2 rings (SSSR count). The Kier molecular flexibility index (Phi) is 6.22. The molecular weight excluding hydrogens is 350 g/mol. The molecule has 0 bridgehead atoms. The van der Waals surface area contributed by atoms with Crippen molar-refractivity contribution in [3.05, 3.63) is 59.7 Å². The number of aryl methyl sites for hydroxylation is 1. The van der Waals surface area contributed by atoms with Crippen molar-refractivity contribution in [3.63, 3.8) is 0 Å². The molecule has 0 heterocycles. The van der Waals surface area contributed by atoms with Gasteiger partial charge in [-0.2, -0.15) is 0 Å². The van der Waals surface area contributed by atoms with Crippen LogP contribution in [0.15, 0.2) is 47.4 Å². The minimum absolute atomic E-state index is 0.0477. The second-order valence-electron chi connectivity index (χ2n) is 5.47. The Morgan fingerprint density at radius 1 is 1.08 bits per heavy atom. The summed E-state index contributed by atoms with van der Waals surface area (Å²) in [5, 5.41) is 2.55. The molecule has 0 saturated carbocycles. The van der Waals surface area contributed by atoms with Gasteiger partial charge in [0.15, 0.2) is 0 Å². The summed E-state index contributed by atoms with van der Waals surface area (Å²) in [6.45, 7) is 1.67. The predicted molar refractivity (Wildman–Crippen MR) is 90.6 cm³/mol. The smallest absolute Gasteiger partial charge is 0.240 e. The van der Waals surface area contributed by atoms with E-state index in [0.29, 0.717) is 11.3 Å². The third-order valence-electron chi connectivity index (χ3n) is 3.45. The zero-order valence-electron chi connectivity index (χ0n) is 13.6. The molecule has 2 aromatic rings.